The largest absolute Gasteiger partial charge is 0.497 e. The predicted molar refractivity (Wildman–Crippen MR) is 125 cm³/mol. The van der Waals surface area contributed by atoms with E-state index in [1.54, 1.807) is 38.3 Å². The lowest BCUT2D eigenvalue weighted by atomic mass is 10.1. The van der Waals surface area contributed by atoms with Crippen LogP contribution < -0.4 is 13.2 Å². The van der Waals surface area contributed by atoms with Crippen molar-refractivity contribution in [3.63, 3.8) is 0 Å². The summed E-state index contributed by atoms with van der Waals surface area (Å²) in [7, 11) is 1.57. The molecule has 0 aliphatic rings. The maximum absolute atomic E-state index is 13.2. The van der Waals surface area contributed by atoms with E-state index in [1.165, 1.54) is 10.5 Å². The molecule has 1 unspecified atom stereocenters. The molecule has 0 saturated heterocycles. The standard InChI is InChI=1S/C21H21IN2O5S/c1-4-24(30(26)29-15-11-9-14(27-3)10-12-15)20-16-7-6-8-18(22)19(16)23-13-17(20)21(25)28-5-2/h6-13H,4-5H2,1-3H3. The first-order chi connectivity index (χ1) is 14.5. The molecule has 30 heavy (non-hydrogen) atoms. The van der Waals surface area contributed by atoms with E-state index in [4.69, 9.17) is 13.7 Å². The average molecular weight is 540 g/mol. The lowest BCUT2D eigenvalue weighted by Crippen LogP contribution is -2.31. The Morgan fingerprint density at radius 1 is 1.13 bits per heavy atom. The third kappa shape index (κ3) is 4.67. The van der Waals surface area contributed by atoms with Crippen molar-refractivity contribution >= 4 is 56.4 Å². The van der Waals surface area contributed by atoms with E-state index in [0.717, 1.165) is 3.57 Å². The second-order valence-electron chi connectivity index (χ2n) is 6.05. The van der Waals surface area contributed by atoms with Crippen molar-refractivity contribution in [1.29, 1.82) is 0 Å². The molecule has 7 nitrogen and oxygen atoms in total. The van der Waals surface area contributed by atoms with Crippen molar-refractivity contribution in [2.24, 2.45) is 0 Å². The number of hydrogen-bond acceptors (Lipinski definition) is 6. The molecule has 0 bridgehead atoms. The highest BCUT2D eigenvalue weighted by atomic mass is 127. The van der Waals surface area contributed by atoms with Gasteiger partial charge in [-0.3, -0.25) is 9.29 Å². The number of para-hydroxylation sites is 1. The number of anilines is 1. The van der Waals surface area contributed by atoms with Crippen molar-refractivity contribution in [2.45, 2.75) is 13.8 Å². The Morgan fingerprint density at radius 2 is 1.83 bits per heavy atom. The van der Waals surface area contributed by atoms with Crippen LogP contribution in [-0.2, 0) is 16.0 Å². The molecule has 9 heteroatoms. The fourth-order valence-corrected chi connectivity index (χ4v) is 4.46. The van der Waals surface area contributed by atoms with Crippen LogP contribution in [0.4, 0.5) is 5.69 Å². The van der Waals surface area contributed by atoms with Gasteiger partial charge in [0.05, 0.1) is 24.9 Å². The van der Waals surface area contributed by atoms with Crippen molar-refractivity contribution in [3.05, 3.63) is 57.8 Å². The molecular weight excluding hydrogens is 519 g/mol. The summed E-state index contributed by atoms with van der Waals surface area (Å²) in [6, 6.07) is 12.4. The van der Waals surface area contributed by atoms with E-state index in [9.17, 15) is 9.00 Å². The number of esters is 1. The maximum Gasteiger partial charge on any atom is 0.341 e. The Morgan fingerprint density at radius 3 is 2.47 bits per heavy atom. The Labute approximate surface area is 191 Å². The van der Waals surface area contributed by atoms with Gasteiger partial charge in [-0.1, -0.05) is 12.1 Å². The normalized spacial score (nSPS) is 11.7. The van der Waals surface area contributed by atoms with Crippen molar-refractivity contribution in [3.8, 4) is 11.5 Å². The number of ether oxygens (including phenoxy) is 2. The molecular formula is C21H21IN2O5S. The number of methoxy groups -OCH3 is 1. The molecule has 0 amide bonds. The average Bonchev–Trinajstić information content (AvgIpc) is 2.75. The van der Waals surface area contributed by atoms with E-state index in [1.807, 2.05) is 25.1 Å². The minimum atomic E-state index is -1.91. The van der Waals surface area contributed by atoms with Crippen LogP contribution in [0.1, 0.15) is 24.2 Å². The van der Waals surface area contributed by atoms with Crippen LogP contribution in [0.2, 0.25) is 0 Å². The molecule has 0 saturated carbocycles. The zero-order chi connectivity index (χ0) is 21.7. The van der Waals surface area contributed by atoms with Gasteiger partial charge in [0.1, 0.15) is 17.1 Å². The summed E-state index contributed by atoms with van der Waals surface area (Å²) in [5.74, 6) is 0.554. The topological polar surface area (TPSA) is 78.0 Å². The smallest absolute Gasteiger partial charge is 0.341 e. The Balaban J connectivity index is 2.07. The Bertz CT molecular complexity index is 1070. The molecule has 0 spiro atoms. The summed E-state index contributed by atoms with van der Waals surface area (Å²) in [4.78, 5) is 17.1. The molecule has 2 aromatic carbocycles. The van der Waals surface area contributed by atoms with E-state index >= 15 is 0 Å². The quantitative estimate of drug-likeness (QED) is 0.309. The van der Waals surface area contributed by atoms with E-state index in [2.05, 4.69) is 27.6 Å². The number of halogens is 1. The molecule has 0 aliphatic heterocycles. The summed E-state index contributed by atoms with van der Waals surface area (Å²) >= 11 is 0.275. The first-order valence-corrected chi connectivity index (χ1v) is 11.4. The van der Waals surface area contributed by atoms with Gasteiger partial charge in [-0.15, -0.1) is 0 Å². The van der Waals surface area contributed by atoms with Gasteiger partial charge in [-0.2, -0.15) is 4.21 Å². The van der Waals surface area contributed by atoms with Gasteiger partial charge < -0.3 is 13.7 Å². The summed E-state index contributed by atoms with van der Waals surface area (Å²) < 4.78 is 31.6. The molecule has 0 radical (unpaired) electrons. The first-order valence-electron chi connectivity index (χ1n) is 9.26. The fourth-order valence-electron chi connectivity index (χ4n) is 2.90. The lowest BCUT2D eigenvalue weighted by molar-refractivity contribution is 0.0527. The van der Waals surface area contributed by atoms with Gasteiger partial charge in [0.25, 0.3) is 0 Å². The van der Waals surface area contributed by atoms with Gasteiger partial charge in [0, 0.05) is 21.7 Å². The number of carbonyl (C=O) groups excluding carboxylic acids is 1. The molecule has 0 N–H and O–H groups in total. The minimum absolute atomic E-state index is 0.222. The van der Waals surface area contributed by atoms with Gasteiger partial charge in [0.2, 0.25) is 0 Å². The molecule has 3 aromatic rings. The van der Waals surface area contributed by atoms with Crippen molar-refractivity contribution < 1.29 is 22.7 Å². The number of rotatable bonds is 8. The first kappa shape index (κ1) is 22.3. The Hall–Kier alpha value is -2.40. The lowest BCUT2D eigenvalue weighted by Gasteiger charge is -2.24. The van der Waals surface area contributed by atoms with Crippen LogP contribution in [-0.4, -0.2) is 35.4 Å². The third-order valence-corrected chi connectivity index (χ3v) is 6.26. The molecule has 1 aromatic heterocycles. The van der Waals surface area contributed by atoms with Crippen LogP contribution in [0, 0.1) is 3.57 Å². The second kappa shape index (κ2) is 10.1. The Kier molecular flexibility index (Phi) is 7.48. The number of benzene rings is 2. The number of aromatic nitrogens is 1. The summed E-state index contributed by atoms with van der Waals surface area (Å²) in [5.41, 5.74) is 1.41. The van der Waals surface area contributed by atoms with Crippen molar-refractivity contribution in [2.75, 3.05) is 24.6 Å². The summed E-state index contributed by atoms with van der Waals surface area (Å²) in [6.07, 6.45) is 1.46. The van der Waals surface area contributed by atoms with Crippen LogP contribution in [0.25, 0.3) is 10.9 Å². The van der Waals surface area contributed by atoms with E-state index in [-0.39, 0.29) is 12.2 Å². The van der Waals surface area contributed by atoms with Crippen LogP contribution in [0.15, 0.2) is 48.7 Å². The number of hydrogen-bond donors (Lipinski definition) is 0. The van der Waals surface area contributed by atoms with E-state index < -0.39 is 17.2 Å². The van der Waals surface area contributed by atoms with E-state index in [0.29, 0.717) is 34.6 Å². The summed E-state index contributed by atoms with van der Waals surface area (Å²) in [5, 5.41) is 0.695. The second-order valence-corrected chi connectivity index (χ2v) is 8.25. The molecule has 3 rings (SSSR count). The van der Waals surface area contributed by atoms with Crippen LogP contribution >= 0.6 is 22.6 Å². The third-order valence-electron chi connectivity index (χ3n) is 4.26. The fraction of sp³-hybridized carbons (Fsp3) is 0.238. The van der Waals surface area contributed by atoms with Gasteiger partial charge in [0.15, 0.2) is 0 Å². The highest BCUT2D eigenvalue weighted by Crippen LogP contribution is 2.33. The number of pyridine rings is 1. The van der Waals surface area contributed by atoms with Crippen LogP contribution in [0.5, 0.6) is 11.5 Å². The number of carbonyl (C=O) groups is 1. The molecule has 0 fully saturated rings. The minimum Gasteiger partial charge on any atom is -0.497 e. The molecule has 1 heterocycles. The van der Waals surface area contributed by atoms with Gasteiger partial charge in [-0.05, 0) is 66.8 Å². The highest BCUT2D eigenvalue weighted by Gasteiger charge is 2.26. The van der Waals surface area contributed by atoms with Crippen LogP contribution in [0.3, 0.4) is 0 Å². The van der Waals surface area contributed by atoms with Gasteiger partial charge in [-0.25, -0.2) is 4.79 Å². The monoisotopic (exact) mass is 540 g/mol. The molecule has 158 valence electrons. The number of fused-ring (bicyclic) bond motifs is 1. The SMILES string of the molecule is CCOC(=O)c1cnc2c(I)cccc2c1N(CC)S(=O)Oc1ccc(OC)cc1. The molecule has 0 aliphatic carbocycles. The molecule has 1 atom stereocenters. The number of nitrogens with zero attached hydrogens (tertiary/aromatic N) is 2. The maximum atomic E-state index is 13.2. The summed E-state index contributed by atoms with van der Waals surface area (Å²) in [6.45, 7) is 4.13. The zero-order valence-corrected chi connectivity index (χ0v) is 19.7. The highest BCUT2D eigenvalue weighted by molar-refractivity contribution is 14.1. The van der Waals surface area contributed by atoms with Crippen molar-refractivity contribution in [1.82, 2.24) is 4.98 Å². The predicted octanol–water partition coefficient (Wildman–Crippen LogP) is 4.51. The zero-order valence-electron chi connectivity index (χ0n) is 16.8. The van der Waals surface area contributed by atoms with Gasteiger partial charge >= 0.3 is 17.2 Å².